The predicted octanol–water partition coefficient (Wildman–Crippen LogP) is 2.06. The van der Waals surface area contributed by atoms with E-state index in [1.54, 1.807) is 0 Å². The Hall–Kier alpha value is -0.650. The molecule has 10 atom stereocenters. The predicted molar refractivity (Wildman–Crippen MR) is 103 cm³/mol. The van der Waals surface area contributed by atoms with Gasteiger partial charge in [0.2, 0.25) is 0 Å². The molecule has 2 saturated heterocycles. The van der Waals surface area contributed by atoms with E-state index >= 15 is 0 Å². The average Bonchev–Trinajstić information content (AvgIpc) is 3.27. The molecule has 2 aliphatic heterocycles. The van der Waals surface area contributed by atoms with Crippen molar-refractivity contribution in [3.05, 3.63) is 0 Å². The van der Waals surface area contributed by atoms with Crippen molar-refractivity contribution in [3.63, 3.8) is 0 Å². The van der Waals surface area contributed by atoms with Crippen LogP contribution in [0.3, 0.4) is 0 Å². The molecule has 6 fully saturated rings. The molecule has 0 aromatic heterocycles. The number of carbonyl (C=O) groups excluding carboxylic acids is 1. The Labute approximate surface area is 167 Å². The molecule has 0 amide bonds. The lowest BCUT2D eigenvalue weighted by molar-refractivity contribution is -0.262. The molecule has 4 bridgehead atoms. The highest BCUT2D eigenvalue weighted by molar-refractivity contribution is 5.74. The average molecular weight is 390 g/mol. The SMILES string of the molecule is COC(=O)[C@@H]1C[C@]23[C@@H]4[C@@H]5CC[C@@]2(CO)[C@H](CC[C@@H]2CC[C@H]1[C@@]23O)CN4C[C@H]5C. The van der Waals surface area contributed by atoms with Crippen molar-refractivity contribution < 1.29 is 19.7 Å². The fraction of sp³-hybridized carbons (Fsp3) is 0.957. The second-order valence-corrected chi connectivity index (χ2v) is 11.2. The van der Waals surface area contributed by atoms with E-state index < -0.39 is 5.60 Å². The Balaban J connectivity index is 1.63. The van der Waals surface area contributed by atoms with Gasteiger partial charge in [-0.05, 0) is 68.6 Å². The number of carbonyl (C=O) groups is 1. The summed E-state index contributed by atoms with van der Waals surface area (Å²) in [6.45, 7) is 4.73. The lowest BCUT2D eigenvalue weighted by atomic mass is 9.41. The minimum absolute atomic E-state index is 0.00392. The molecule has 28 heavy (non-hydrogen) atoms. The number of ether oxygens (including phenoxy) is 1. The monoisotopic (exact) mass is 389 g/mol. The fourth-order valence-electron chi connectivity index (χ4n) is 10.3. The van der Waals surface area contributed by atoms with Crippen molar-refractivity contribution in [1.82, 2.24) is 4.90 Å². The molecule has 0 aromatic carbocycles. The number of methoxy groups -OCH3 is 1. The Bertz CT molecular complexity index is 713. The lowest BCUT2D eigenvalue weighted by Gasteiger charge is -2.69. The third-order valence-corrected chi connectivity index (χ3v) is 11.0. The Morgan fingerprint density at radius 2 is 1.89 bits per heavy atom. The standard InChI is InChI=1S/C23H35NO4/c1-13-10-24-11-15-4-3-14-5-6-18-17(20(26)28-2)9-22(23(14,18)27)19(24)16(13)7-8-21(15,22)12-25/h13-19,25,27H,3-12H2,1-2H3/t13-,14-,15-,16-,17-,18-,19+,21-,22+,23+/m1/s1. The van der Waals surface area contributed by atoms with Crippen molar-refractivity contribution in [2.24, 2.45) is 46.3 Å². The van der Waals surface area contributed by atoms with E-state index in [1.165, 1.54) is 7.11 Å². The summed E-state index contributed by atoms with van der Waals surface area (Å²) < 4.78 is 5.25. The molecule has 6 rings (SSSR count). The van der Waals surface area contributed by atoms with Crippen LogP contribution in [0.15, 0.2) is 0 Å². The highest BCUT2D eigenvalue weighted by Gasteiger charge is 2.83. The molecule has 0 aromatic rings. The van der Waals surface area contributed by atoms with E-state index in [2.05, 4.69) is 11.8 Å². The zero-order valence-electron chi connectivity index (χ0n) is 17.3. The van der Waals surface area contributed by atoms with Crippen LogP contribution in [0.25, 0.3) is 0 Å². The van der Waals surface area contributed by atoms with Crippen LogP contribution in [-0.2, 0) is 9.53 Å². The van der Waals surface area contributed by atoms with E-state index in [0.717, 1.165) is 58.0 Å². The molecule has 0 radical (unpaired) electrons. The number of rotatable bonds is 2. The molecule has 5 nitrogen and oxygen atoms in total. The summed E-state index contributed by atoms with van der Waals surface area (Å²) in [5.74, 6) is 1.59. The molecule has 156 valence electrons. The van der Waals surface area contributed by atoms with Crippen molar-refractivity contribution in [2.75, 3.05) is 26.8 Å². The van der Waals surface area contributed by atoms with Gasteiger partial charge in [-0.1, -0.05) is 6.92 Å². The van der Waals surface area contributed by atoms with Gasteiger partial charge < -0.3 is 14.9 Å². The molecular weight excluding hydrogens is 354 g/mol. The molecule has 1 spiro atoms. The van der Waals surface area contributed by atoms with Gasteiger partial charge in [-0.3, -0.25) is 9.69 Å². The second kappa shape index (κ2) is 5.53. The first-order valence-corrected chi connectivity index (χ1v) is 11.6. The second-order valence-electron chi connectivity index (χ2n) is 11.2. The highest BCUT2D eigenvalue weighted by Crippen LogP contribution is 2.79. The summed E-state index contributed by atoms with van der Waals surface area (Å²) in [5.41, 5.74) is -1.41. The topological polar surface area (TPSA) is 70.0 Å². The van der Waals surface area contributed by atoms with Gasteiger partial charge in [-0.2, -0.15) is 0 Å². The van der Waals surface area contributed by atoms with Gasteiger partial charge in [-0.25, -0.2) is 0 Å². The zero-order chi connectivity index (χ0) is 19.5. The Kier molecular flexibility index (Phi) is 3.58. The number of aliphatic hydroxyl groups is 2. The molecule has 5 heteroatoms. The van der Waals surface area contributed by atoms with Crippen LogP contribution in [0.1, 0.15) is 51.9 Å². The van der Waals surface area contributed by atoms with Crippen LogP contribution >= 0.6 is 0 Å². The minimum Gasteiger partial charge on any atom is -0.469 e. The summed E-state index contributed by atoms with van der Waals surface area (Å²) in [5, 5.41) is 23.7. The Morgan fingerprint density at radius 1 is 1.14 bits per heavy atom. The maximum absolute atomic E-state index is 12.9. The molecule has 4 saturated carbocycles. The highest BCUT2D eigenvalue weighted by atomic mass is 16.5. The Morgan fingerprint density at radius 3 is 2.64 bits per heavy atom. The number of aliphatic hydroxyl groups excluding tert-OH is 1. The summed E-state index contributed by atoms with van der Waals surface area (Å²) in [6.07, 6.45) is 7.03. The van der Waals surface area contributed by atoms with Crippen molar-refractivity contribution in [2.45, 2.75) is 63.5 Å². The normalized spacial score (nSPS) is 59.1. The van der Waals surface area contributed by atoms with Crippen molar-refractivity contribution in [1.29, 1.82) is 0 Å². The fourth-order valence-corrected chi connectivity index (χ4v) is 10.3. The molecule has 4 aliphatic carbocycles. The van der Waals surface area contributed by atoms with Crippen molar-refractivity contribution >= 4 is 5.97 Å². The number of hydrogen-bond donors (Lipinski definition) is 2. The summed E-state index contributed by atoms with van der Waals surface area (Å²) in [7, 11) is 1.49. The largest absolute Gasteiger partial charge is 0.469 e. The zero-order valence-corrected chi connectivity index (χ0v) is 17.3. The first-order chi connectivity index (χ1) is 13.4. The van der Waals surface area contributed by atoms with E-state index in [9.17, 15) is 15.0 Å². The maximum atomic E-state index is 12.9. The molecular formula is C23H35NO4. The third-order valence-electron chi connectivity index (χ3n) is 11.0. The van der Waals surface area contributed by atoms with E-state index in [-0.39, 0.29) is 41.2 Å². The minimum atomic E-state index is -0.824. The molecule has 0 unspecified atom stereocenters. The first kappa shape index (κ1) is 18.1. The van der Waals surface area contributed by atoms with Gasteiger partial charge in [0.1, 0.15) is 0 Å². The van der Waals surface area contributed by atoms with Crippen LogP contribution < -0.4 is 0 Å². The quantitative estimate of drug-likeness (QED) is 0.708. The summed E-state index contributed by atoms with van der Waals surface area (Å²) in [6, 6.07) is 0.320. The van der Waals surface area contributed by atoms with Gasteiger partial charge in [0.05, 0.1) is 18.6 Å². The van der Waals surface area contributed by atoms with Gasteiger partial charge in [-0.15, -0.1) is 0 Å². The van der Waals surface area contributed by atoms with Crippen LogP contribution in [0, 0.1) is 46.3 Å². The number of piperidine rings is 1. The summed E-state index contributed by atoms with van der Waals surface area (Å²) in [4.78, 5) is 15.6. The maximum Gasteiger partial charge on any atom is 0.309 e. The van der Waals surface area contributed by atoms with Crippen LogP contribution in [0.2, 0.25) is 0 Å². The smallest absolute Gasteiger partial charge is 0.309 e. The van der Waals surface area contributed by atoms with E-state index in [0.29, 0.717) is 23.8 Å². The molecule has 2 N–H and O–H groups in total. The lowest BCUT2D eigenvalue weighted by Crippen LogP contribution is -2.74. The number of nitrogens with zero attached hydrogens (tertiary/aromatic N) is 1. The van der Waals surface area contributed by atoms with Gasteiger partial charge in [0, 0.05) is 42.5 Å². The van der Waals surface area contributed by atoms with Gasteiger partial charge in [0.25, 0.3) is 0 Å². The third kappa shape index (κ3) is 1.65. The van der Waals surface area contributed by atoms with Crippen LogP contribution in [0.5, 0.6) is 0 Å². The molecule has 6 aliphatic rings. The van der Waals surface area contributed by atoms with E-state index in [1.807, 2.05) is 0 Å². The van der Waals surface area contributed by atoms with Gasteiger partial charge in [0.15, 0.2) is 0 Å². The van der Waals surface area contributed by atoms with Crippen LogP contribution in [-0.4, -0.2) is 59.5 Å². The summed E-state index contributed by atoms with van der Waals surface area (Å²) >= 11 is 0. The number of esters is 1. The van der Waals surface area contributed by atoms with Crippen LogP contribution in [0.4, 0.5) is 0 Å². The first-order valence-electron chi connectivity index (χ1n) is 11.6. The molecule has 2 heterocycles. The number of hydrogen-bond acceptors (Lipinski definition) is 5. The van der Waals surface area contributed by atoms with Gasteiger partial charge >= 0.3 is 5.97 Å². The van der Waals surface area contributed by atoms with Crippen molar-refractivity contribution in [3.8, 4) is 0 Å². The van der Waals surface area contributed by atoms with E-state index in [4.69, 9.17) is 4.74 Å².